The van der Waals surface area contributed by atoms with Crippen molar-refractivity contribution in [2.45, 2.75) is 23.7 Å². The molecule has 6 heteroatoms. The summed E-state index contributed by atoms with van der Waals surface area (Å²) in [5, 5.41) is -0.593. The second-order valence-electron chi connectivity index (χ2n) is 3.47. The van der Waals surface area contributed by atoms with Crippen molar-refractivity contribution < 1.29 is 17.9 Å². The van der Waals surface area contributed by atoms with Crippen molar-refractivity contribution in [1.29, 1.82) is 0 Å². The van der Waals surface area contributed by atoms with Gasteiger partial charge in [-0.15, -0.1) is 0 Å². The highest BCUT2D eigenvalue weighted by atomic mass is 35.7. The van der Waals surface area contributed by atoms with Crippen molar-refractivity contribution >= 4 is 19.7 Å². The Kier molecular flexibility index (Phi) is 2.30. The molecule has 0 N–H and O–H groups in total. The molecule has 0 aromatic heterocycles. The van der Waals surface area contributed by atoms with Crippen LogP contribution >= 0.6 is 10.7 Å². The van der Waals surface area contributed by atoms with Crippen LogP contribution in [0.3, 0.4) is 0 Å². The largest absolute Gasteiger partial charge is 0.378 e. The summed E-state index contributed by atoms with van der Waals surface area (Å²) in [4.78, 5) is 0. The monoisotopic (exact) mass is 226 g/mol. The summed E-state index contributed by atoms with van der Waals surface area (Å²) in [7, 11) is 1.82. The number of ether oxygens (including phenoxy) is 2. The molecule has 2 unspecified atom stereocenters. The Morgan fingerprint density at radius 1 is 1.38 bits per heavy atom. The molecular formula is C7H11ClO4S. The first-order valence-electron chi connectivity index (χ1n) is 4.20. The van der Waals surface area contributed by atoms with Gasteiger partial charge in [0.1, 0.15) is 10.9 Å². The van der Waals surface area contributed by atoms with Gasteiger partial charge in [-0.3, -0.25) is 0 Å². The molecule has 2 atom stereocenters. The topological polar surface area (TPSA) is 52.6 Å². The molecule has 2 fully saturated rings. The van der Waals surface area contributed by atoms with E-state index in [0.717, 1.165) is 0 Å². The molecule has 0 aromatic carbocycles. The van der Waals surface area contributed by atoms with Crippen molar-refractivity contribution in [2.75, 3.05) is 19.8 Å². The van der Waals surface area contributed by atoms with E-state index in [4.69, 9.17) is 20.2 Å². The maximum absolute atomic E-state index is 11.2. The number of rotatable bonds is 1. The SMILES string of the molecule is O=S(=O)(Cl)C1CCOC12CCOC2. The van der Waals surface area contributed by atoms with E-state index in [1.54, 1.807) is 0 Å². The summed E-state index contributed by atoms with van der Waals surface area (Å²) in [6.07, 6.45) is 1.11. The van der Waals surface area contributed by atoms with Gasteiger partial charge >= 0.3 is 0 Å². The van der Waals surface area contributed by atoms with Gasteiger partial charge in [0.05, 0.1) is 6.61 Å². The van der Waals surface area contributed by atoms with E-state index >= 15 is 0 Å². The minimum Gasteiger partial charge on any atom is -0.378 e. The fourth-order valence-corrected chi connectivity index (χ4v) is 3.95. The normalized spacial score (nSPS) is 40.2. The maximum atomic E-state index is 11.2. The Morgan fingerprint density at radius 2 is 2.15 bits per heavy atom. The number of halogens is 1. The molecule has 2 rings (SSSR count). The van der Waals surface area contributed by atoms with Crippen LogP contribution in [-0.2, 0) is 18.5 Å². The van der Waals surface area contributed by atoms with Crippen molar-refractivity contribution in [3.05, 3.63) is 0 Å². The van der Waals surface area contributed by atoms with E-state index in [9.17, 15) is 8.42 Å². The van der Waals surface area contributed by atoms with Gasteiger partial charge in [0.2, 0.25) is 9.05 Å². The smallest absolute Gasteiger partial charge is 0.238 e. The summed E-state index contributed by atoms with van der Waals surface area (Å²) in [5.74, 6) is 0. The van der Waals surface area contributed by atoms with Crippen LogP contribution in [0, 0.1) is 0 Å². The minimum absolute atomic E-state index is 0.351. The van der Waals surface area contributed by atoms with Gasteiger partial charge in [0.15, 0.2) is 0 Å². The second-order valence-corrected chi connectivity index (χ2v) is 6.28. The van der Waals surface area contributed by atoms with Crippen LogP contribution in [-0.4, -0.2) is 39.1 Å². The summed E-state index contributed by atoms with van der Waals surface area (Å²) >= 11 is 0. The first kappa shape index (κ1) is 9.71. The van der Waals surface area contributed by atoms with Crippen LogP contribution in [0.1, 0.15) is 12.8 Å². The molecule has 0 aromatic rings. The average Bonchev–Trinajstić information content (AvgIpc) is 2.60. The van der Waals surface area contributed by atoms with E-state index in [1.165, 1.54) is 0 Å². The first-order chi connectivity index (χ1) is 6.05. The highest BCUT2D eigenvalue weighted by molar-refractivity contribution is 8.14. The Labute approximate surface area is 81.6 Å². The Hall–Kier alpha value is 0.160. The Balaban J connectivity index is 2.28. The third-order valence-corrected chi connectivity index (χ3v) is 4.70. The van der Waals surface area contributed by atoms with Gasteiger partial charge in [-0.25, -0.2) is 8.42 Å². The lowest BCUT2D eigenvalue weighted by molar-refractivity contribution is -0.00126. The third kappa shape index (κ3) is 1.58. The van der Waals surface area contributed by atoms with E-state index in [1.807, 2.05) is 0 Å². The summed E-state index contributed by atoms with van der Waals surface area (Å²) in [6.45, 7) is 1.37. The van der Waals surface area contributed by atoms with Crippen LogP contribution in [0.2, 0.25) is 0 Å². The van der Waals surface area contributed by atoms with E-state index < -0.39 is 19.9 Å². The minimum atomic E-state index is -3.53. The maximum Gasteiger partial charge on any atom is 0.238 e. The van der Waals surface area contributed by atoms with Gasteiger partial charge in [0, 0.05) is 30.3 Å². The van der Waals surface area contributed by atoms with E-state index in [-0.39, 0.29) is 0 Å². The standard InChI is InChI=1S/C7H11ClO4S/c8-13(9,10)6-1-3-12-7(6)2-4-11-5-7/h6H,1-5H2. The van der Waals surface area contributed by atoms with Gasteiger partial charge in [-0.1, -0.05) is 0 Å². The zero-order valence-electron chi connectivity index (χ0n) is 7.03. The quantitative estimate of drug-likeness (QED) is 0.611. The van der Waals surface area contributed by atoms with Gasteiger partial charge in [0.25, 0.3) is 0 Å². The molecule has 0 aliphatic carbocycles. The highest BCUT2D eigenvalue weighted by Crippen LogP contribution is 2.39. The molecule has 2 aliphatic heterocycles. The fraction of sp³-hybridized carbons (Fsp3) is 1.00. The predicted octanol–water partition coefficient (Wildman–Crippen LogP) is 0.503. The Morgan fingerprint density at radius 3 is 2.69 bits per heavy atom. The molecule has 0 bridgehead atoms. The Bertz CT molecular complexity index is 288. The molecule has 76 valence electrons. The molecule has 0 amide bonds. The number of hydrogen-bond donors (Lipinski definition) is 0. The van der Waals surface area contributed by atoms with Gasteiger partial charge in [-0.2, -0.15) is 0 Å². The van der Waals surface area contributed by atoms with Crippen LogP contribution in [0.15, 0.2) is 0 Å². The molecule has 4 nitrogen and oxygen atoms in total. The van der Waals surface area contributed by atoms with Crippen LogP contribution in [0.25, 0.3) is 0 Å². The van der Waals surface area contributed by atoms with Crippen molar-refractivity contribution in [2.24, 2.45) is 0 Å². The van der Waals surface area contributed by atoms with Crippen molar-refractivity contribution in [1.82, 2.24) is 0 Å². The van der Waals surface area contributed by atoms with Crippen LogP contribution < -0.4 is 0 Å². The van der Waals surface area contributed by atoms with E-state index in [0.29, 0.717) is 32.7 Å². The lowest BCUT2D eigenvalue weighted by atomic mass is 9.99. The zero-order valence-corrected chi connectivity index (χ0v) is 8.60. The summed E-state index contributed by atoms with van der Waals surface area (Å²) < 4.78 is 33.1. The molecular weight excluding hydrogens is 216 g/mol. The molecule has 2 aliphatic rings. The number of hydrogen-bond acceptors (Lipinski definition) is 4. The van der Waals surface area contributed by atoms with Crippen molar-refractivity contribution in [3.63, 3.8) is 0 Å². The van der Waals surface area contributed by atoms with Gasteiger partial charge in [-0.05, 0) is 6.42 Å². The van der Waals surface area contributed by atoms with Crippen molar-refractivity contribution in [3.8, 4) is 0 Å². The average molecular weight is 227 g/mol. The first-order valence-corrected chi connectivity index (χ1v) is 6.57. The molecule has 13 heavy (non-hydrogen) atoms. The molecule has 2 saturated heterocycles. The lowest BCUT2D eigenvalue weighted by Gasteiger charge is -2.25. The summed E-state index contributed by atoms with van der Waals surface area (Å²) in [6, 6.07) is 0. The zero-order chi connectivity index (χ0) is 9.53. The highest BCUT2D eigenvalue weighted by Gasteiger charge is 2.52. The summed E-state index contributed by atoms with van der Waals surface area (Å²) in [5.41, 5.74) is -0.652. The van der Waals surface area contributed by atoms with Crippen LogP contribution in [0.5, 0.6) is 0 Å². The van der Waals surface area contributed by atoms with Crippen LogP contribution in [0.4, 0.5) is 0 Å². The van der Waals surface area contributed by atoms with Gasteiger partial charge < -0.3 is 9.47 Å². The molecule has 0 saturated carbocycles. The molecule has 2 heterocycles. The van der Waals surface area contributed by atoms with E-state index in [2.05, 4.69) is 0 Å². The molecule has 0 radical (unpaired) electrons. The lowest BCUT2D eigenvalue weighted by Crippen LogP contribution is -2.42. The molecule has 1 spiro atoms. The predicted molar refractivity (Wildman–Crippen MR) is 47.3 cm³/mol. The third-order valence-electron chi connectivity index (χ3n) is 2.71. The fourth-order valence-electron chi connectivity index (χ4n) is 2.05. The second kappa shape index (κ2) is 3.08.